The zero-order valence-electron chi connectivity index (χ0n) is 8.04. The van der Waals surface area contributed by atoms with E-state index in [1.807, 2.05) is 13.8 Å². The molecule has 0 unspecified atom stereocenters. The second-order valence-electron chi connectivity index (χ2n) is 4.34. The first-order chi connectivity index (χ1) is 5.36. The standard InChI is InChI=1S/C10H18O2/c1-8(2)10(12)6-4-9(3,11)5-7-10/h4,6,8,11-12H,5,7H2,1-3H3/t9-,10-/m1/s1. The minimum absolute atomic E-state index is 0.213. The SMILES string of the molecule is CC(C)[C@@]1(O)C=C[C@@](C)(O)CC1. The molecule has 0 bridgehead atoms. The van der Waals surface area contributed by atoms with E-state index in [1.54, 1.807) is 19.1 Å². The van der Waals surface area contributed by atoms with Gasteiger partial charge in [-0.1, -0.05) is 26.0 Å². The summed E-state index contributed by atoms with van der Waals surface area (Å²) in [7, 11) is 0. The lowest BCUT2D eigenvalue weighted by atomic mass is 9.77. The van der Waals surface area contributed by atoms with Gasteiger partial charge >= 0.3 is 0 Å². The molecular weight excluding hydrogens is 152 g/mol. The van der Waals surface area contributed by atoms with Gasteiger partial charge < -0.3 is 10.2 Å². The summed E-state index contributed by atoms with van der Waals surface area (Å²) < 4.78 is 0. The van der Waals surface area contributed by atoms with Crippen LogP contribution in [0.3, 0.4) is 0 Å². The number of hydrogen-bond acceptors (Lipinski definition) is 2. The molecule has 0 spiro atoms. The molecule has 2 N–H and O–H groups in total. The third kappa shape index (κ3) is 1.87. The summed E-state index contributed by atoms with van der Waals surface area (Å²) in [6, 6.07) is 0. The predicted octanol–water partition coefficient (Wildman–Crippen LogP) is 1.47. The van der Waals surface area contributed by atoms with Crippen molar-refractivity contribution in [3.05, 3.63) is 12.2 Å². The van der Waals surface area contributed by atoms with Crippen LogP contribution in [0.25, 0.3) is 0 Å². The van der Waals surface area contributed by atoms with Crippen LogP contribution in [0.2, 0.25) is 0 Å². The minimum atomic E-state index is -0.721. The van der Waals surface area contributed by atoms with Gasteiger partial charge in [-0.15, -0.1) is 0 Å². The first-order valence-corrected chi connectivity index (χ1v) is 4.51. The van der Waals surface area contributed by atoms with E-state index in [0.717, 1.165) is 0 Å². The fourth-order valence-corrected chi connectivity index (χ4v) is 1.42. The third-order valence-corrected chi connectivity index (χ3v) is 2.76. The van der Waals surface area contributed by atoms with Gasteiger partial charge in [0.25, 0.3) is 0 Å². The van der Waals surface area contributed by atoms with E-state index in [9.17, 15) is 10.2 Å². The molecule has 0 heterocycles. The molecule has 0 fully saturated rings. The lowest BCUT2D eigenvalue weighted by Gasteiger charge is -2.36. The smallest absolute Gasteiger partial charge is 0.0852 e. The maximum Gasteiger partial charge on any atom is 0.0852 e. The number of hydrogen-bond donors (Lipinski definition) is 2. The quantitative estimate of drug-likeness (QED) is 0.585. The van der Waals surface area contributed by atoms with Gasteiger partial charge in [-0.05, 0) is 25.7 Å². The molecule has 0 aromatic rings. The largest absolute Gasteiger partial charge is 0.386 e. The Hall–Kier alpha value is -0.340. The van der Waals surface area contributed by atoms with E-state index in [2.05, 4.69) is 0 Å². The molecule has 0 saturated heterocycles. The van der Waals surface area contributed by atoms with Crippen LogP contribution in [0.4, 0.5) is 0 Å². The zero-order valence-corrected chi connectivity index (χ0v) is 8.04. The second kappa shape index (κ2) is 2.86. The highest BCUT2D eigenvalue weighted by Crippen LogP contribution is 2.33. The van der Waals surface area contributed by atoms with Gasteiger partial charge in [0, 0.05) is 0 Å². The Kier molecular flexibility index (Phi) is 2.32. The first kappa shape index (κ1) is 9.75. The van der Waals surface area contributed by atoms with E-state index in [1.165, 1.54) is 0 Å². The van der Waals surface area contributed by atoms with Crippen LogP contribution >= 0.6 is 0 Å². The van der Waals surface area contributed by atoms with E-state index < -0.39 is 11.2 Å². The number of aliphatic hydroxyl groups is 2. The van der Waals surface area contributed by atoms with Crippen LogP contribution in [0.5, 0.6) is 0 Å². The van der Waals surface area contributed by atoms with Crippen LogP contribution in [0, 0.1) is 5.92 Å². The van der Waals surface area contributed by atoms with Crippen molar-refractivity contribution in [2.24, 2.45) is 5.92 Å². The summed E-state index contributed by atoms with van der Waals surface area (Å²) in [4.78, 5) is 0. The van der Waals surface area contributed by atoms with Crippen LogP contribution in [0.15, 0.2) is 12.2 Å². The lowest BCUT2D eigenvalue weighted by molar-refractivity contribution is -0.00853. The molecule has 0 aliphatic heterocycles. The molecule has 1 aliphatic carbocycles. The minimum Gasteiger partial charge on any atom is -0.386 e. The maximum absolute atomic E-state index is 9.98. The van der Waals surface area contributed by atoms with Crippen molar-refractivity contribution >= 4 is 0 Å². The van der Waals surface area contributed by atoms with Crippen molar-refractivity contribution in [2.75, 3.05) is 0 Å². The molecule has 12 heavy (non-hydrogen) atoms. The molecule has 2 nitrogen and oxygen atoms in total. The van der Waals surface area contributed by atoms with Gasteiger partial charge in [0.05, 0.1) is 11.2 Å². The van der Waals surface area contributed by atoms with Crippen molar-refractivity contribution < 1.29 is 10.2 Å². The molecule has 0 radical (unpaired) electrons. The van der Waals surface area contributed by atoms with Gasteiger partial charge in [-0.25, -0.2) is 0 Å². The Balaban J connectivity index is 2.77. The Morgan fingerprint density at radius 2 is 1.75 bits per heavy atom. The second-order valence-corrected chi connectivity index (χ2v) is 4.34. The molecule has 0 aromatic carbocycles. The summed E-state index contributed by atoms with van der Waals surface area (Å²) in [6.07, 6.45) is 4.73. The van der Waals surface area contributed by atoms with Gasteiger partial charge in [0.15, 0.2) is 0 Å². The summed E-state index contributed by atoms with van der Waals surface area (Å²) >= 11 is 0. The zero-order chi connectivity index (χ0) is 9.41. The average molecular weight is 170 g/mol. The lowest BCUT2D eigenvalue weighted by Crippen LogP contribution is -2.40. The fourth-order valence-electron chi connectivity index (χ4n) is 1.42. The molecule has 0 aromatic heterocycles. The summed E-state index contributed by atoms with van der Waals surface area (Å²) in [5, 5.41) is 19.6. The van der Waals surface area contributed by atoms with Gasteiger partial charge in [0.1, 0.15) is 0 Å². The molecule has 0 amide bonds. The van der Waals surface area contributed by atoms with E-state index in [-0.39, 0.29) is 5.92 Å². The van der Waals surface area contributed by atoms with Crippen LogP contribution in [-0.2, 0) is 0 Å². The molecular formula is C10H18O2. The fraction of sp³-hybridized carbons (Fsp3) is 0.800. The molecule has 70 valence electrons. The van der Waals surface area contributed by atoms with Crippen molar-refractivity contribution in [2.45, 2.75) is 44.8 Å². The topological polar surface area (TPSA) is 40.5 Å². The summed E-state index contributed by atoms with van der Waals surface area (Å²) in [5.41, 5.74) is -1.43. The van der Waals surface area contributed by atoms with Crippen molar-refractivity contribution in [1.29, 1.82) is 0 Å². The van der Waals surface area contributed by atoms with Gasteiger partial charge in [-0.3, -0.25) is 0 Å². The first-order valence-electron chi connectivity index (χ1n) is 4.51. The highest BCUT2D eigenvalue weighted by molar-refractivity contribution is 5.14. The molecule has 1 aliphatic rings. The Morgan fingerprint density at radius 3 is 2.08 bits per heavy atom. The molecule has 2 atom stereocenters. The highest BCUT2D eigenvalue weighted by atomic mass is 16.3. The van der Waals surface area contributed by atoms with Crippen molar-refractivity contribution in [3.63, 3.8) is 0 Å². The molecule has 2 heteroatoms. The average Bonchev–Trinajstić information content (AvgIpc) is 1.96. The number of rotatable bonds is 1. The molecule has 1 rings (SSSR count). The summed E-state index contributed by atoms with van der Waals surface area (Å²) in [6.45, 7) is 5.75. The Bertz CT molecular complexity index is 194. The summed E-state index contributed by atoms with van der Waals surface area (Å²) in [5.74, 6) is 0.213. The van der Waals surface area contributed by atoms with E-state index >= 15 is 0 Å². The van der Waals surface area contributed by atoms with Gasteiger partial charge in [0.2, 0.25) is 0 Å². The van der Waals surface area contributed by atoms with E-state index in [0.29, 0.717) is 12.8 Å². The third-order valence-electron chi connectivity index (χ3n) is 2.76. The van der Waals surface area contributed by atoms with E-state index in [4.69, 9.17) is 0 Å². The van der Waals surface area contributed by atoms with Crippen LogP contribution in [0.1, 0.15) is 33.6 Å². The Labute approximate surface area is 73.9 Å². The molecule has 0 saturated carbocycles. The predicted molar refractivity (Wildman–Crippen MR) is 48.8 cm³/mol. The highest BCUT2D eigenvalue weighted by Gasteiger charge is 2.35. The monoisotopic (exact) mass is 170 g/mol. The van der Waals surface area contributed by atoms with Crippen molar-refractivity contribution in [3.8, 4) is 0 Å². The normalized spacial score (nSPS) is 42.2. The van der Waals surface area contributed by atoms with Gasteiger partial charge in [-0.2, -0.15) is 0 Å². The Morgan fingerprint density at radius 1 is 1.17 bits per heavy atom. The van der Waals surface area contributed by atoms with Crippen LogP contribution in [-0.4, -0.2) is 21.4 Å². The van der Waals surface area contributed by atoms with Crippen LogP contribution < -0.4 is 0 Å². The van der Waals surface area contributed by atoms with Crippen molar-refractivity contribution in [1.82, 2.24) is 0 Å². The maximum atomic E-state index is 9.98.